The fraction of sp³-hybridized carbons (Fsp3) is 0.375. The molecule has 1 aliphatic rings. The van der Waals surface area contributed by atoms with Gasteiger partial charge >= 0.3 is 0 Å². The molecular weight excluding hydrogens is 330 g/mol. The van der Waals surface area contributed by atoms with E-state index in [4.69, 9.17) is 14.1 Å². The molecule has 3 aromatic heterocycles. The van der Waals surface area contributed by atoms with E-state index >= 15 is 0 Å². The molecule has 23 heavy (non-hydrogen) atoms. The van der Waals surface area contributed by atoms with Gasteiger partial charge in [-0.1, -0.05) is 0 Å². The lowest BCUT2D eigenvalue weighted by molar-refractivity contribution is -0.0333. The molecule has 4 rings (SSSR count). The zero-order chi connectivity index (χ0) is 15.6. The first-order valence-corrected chi connectivity index (χ1v) is 9.28. The summed E-state index contributed by atoms with van der Waals surface area (Å²) in [5.41, 5.74) is 1.08. The monoisotopic (exact) mass is 347 g/mol. The number of furan rings is 1. The van der Waals surface area contributed by atoms with Crippen molar-refractivity contribution in [3.63, 3.8) is 0 Å². The number of aryl methyl sites for hydroxylation is 1. The van der Waals surface area contributed by atoms with Crippen molar-refractivity contribution in [2.24, 2.45) is 0 Å². The van der Waals surface area contributed by atoms with Crippen molar-refractivity contribution in [1.29, 1.82) is 0 Å². The first-order chi connectivity index (χ1) is 11.3. The number of hydrogen-bond donors (Lipinski definition) is 0. The van der Waals surface area contributed by atoms with Crippen LogP contribution in [0.15, 0.2) is 33.5 Å². The summed E-state index contributed by atoms with van der Waals surface area (Å²) >= 11 is 3.28. The maximum atomic E-state index is 5.84. The average Bonchev–Trinajstić information content (AvgIpc) is 3.28. The highest BCUT2D eigenvalue weighted by atomic mass is 32.1. The molecule has 1 saturated heterocycles. The normalized spacial score (nSPS) is 19.3. The zero-order valence-electron chi connectivity index (χ0n) is 12.8. The Morgan fingerprint density at radius 1 is 1.35 bits per heavy atom. The molecule has 0 bridgehead atoms. The Morgan fingerprint density at radius 2 is 2.30 bits per heavy atom. The molecule has 4 heterocycles. The smallest absolute Gasteiger partial charge is 0.162 e. The van der Waals surface area contributed by atoms with Crippen LogP contribution in [0, 0.1) is 6.92 Å². The van der Waals surface area contributed by atoms with Crippen LogP contribution in [0.3, 0.4) is 0 Å². The Bertz CT molecular complexity index is 766. The minimum Gasteiger partial charge on any atom is -0.459 e. The standard InChI is InChI=1S/C16H17N3O2S2/c1-11-2-3-13(21-11)16-18-12(10-23-16)8-19-5-6-20-14(9-19)15-17-4-7-22-15/h2-4,7,10,14H,5-6,8-9H2,1H3/t14-/m1/s1. The van der Waals surface area contributed by atoms with Crippen LogP contribution in [0.4, 0.5) is 0 Å². The summed E-state index contributed by atoms with van der Waals surface area (Å²) in [7, 11) is 0. The van der Waals surface area contributed by atoms with Crippen LogP contribution in [0.2, 0.25) is 0 Å². The van der Waals surface area contributed by atoms with E-state index in [1.54, 1.807) is 22.7 Å². The van der Waals surface area contributed by atoms with Gasteiger partial charge in [-0.3, -0.25) is 4.90 Å². The lowest BCUT2D eigenvalue weighted by atomic mass is 10.2. The minimum atomic E-state index is 0.0783. The van der Waals surface area contributed by atoms with Crippen LogP contribution < -0.4 is 0 Å². The van der Waals surface area contributed by atoms with Crippen LogP contribution in [0.5, 0.6) is 0 Å². The molecule has 0 spiro atoms. The molecule has 0 radical (unpaired) electrons. The van der Waals surface area contributed by atoms with E-state index in [1.807, 2.05) is 30.6 Å². The first-order valence-electron chi connectivity index (χ1n) is 7.52. The fourth-order valence-corrected chi connectivity index (χ4v) is 4.11. The molecule has 1 atom stereocenters. The van der Waals surface area contributed by atoms with Gasteiger partial charge in [-0.05, 0) is 19.1 Å². The molecule has 0 N–H and O–H groups in total. The van der Waals surface area contributed by atoms with E-state index in [2.05, 4.69) is 15.3 Å². The Labute approximate surface area is 142 Å². The van der Waals surface area contributed by atoms with Gasteiger partial charge in [0.25, 0.3) is 0 Å². The van der Waals surface area contributed by atoms with Gasteiger partial charge in [-0.2, -0.15) is 0 Å². The van der Waals surface area contributed by atoms with Gasteiger partial charge in [-0.25, -0.2) is 9.97 Å². The molecule has 1 aliphatic heterocycles. The second-order valence-electron chi connectivity index (χ2n) is 5.52. The molecular formula is C16H17N3O2S2. The molecule has 5 nitrogen and oxygen atoms in total. The molecule has 0 aliphatic carbocycles. The molecule has 7 heteroatoms. The van der Waals surface area contributed by atoms with Gasteiger partial charge in [0.2, 0.25) is 0 Å². The number of hydrogen-bond acceptors (Lipinski definition) is 7. The lowest BCUT2D eigenvalue weighted by Crippen LogP contribution is -2.37. The van der Waals surface area contributed by atoms with Crippen molar-refractivity contribution in [2.45, 2.75) is 19.6 Å². The Morgan fingerprint density at radius 3 is 3.09 bits per heavy atom. The SMILES string of the molecule is Cc1ccc(-c2nc(CN3CCO[C@@H](c4nccs4)C3)cs2)o1. The van der Waals surface area contributed by atoms with Crippen LogP contribution in [0.1, 0.15) is 22.6 Å². The third-order valence-electron chi connectivity index (χ3n) is 3.77. The van der Waals surface area contributed by atoms with E-state index in [0.717, 1.165) is 53.5 Å². The Hall–Kier alpha value is -1.54. The molecule has 0 saturated carbocycles. The lowest BCUT2D eigenvalue weighted by Gasteiger charge is -2.31. The summed E-state index contributed by atoms with van der Waals surface area (Å²) < 4.78 is 11.5. The van der Waals surface area contributed by atoms with Crippen LogP contribution >= 0.6 is 22.7 Å². The highest BCUT2D eigenvalue weighted by Crippen LogP contribution is 2.28. The van der Waals surface area contributed by atoms with Crippen molar-refractivity contribution in [2.75, 3.05) is 19.7 Å². The minimum absolute atomic E-state index is 0.0783. The summed E-state index contributed by atoms with van der Waals surface area (Å²) in [6.45, 7) is 5.30. The van der Waals surface area contributed by atoms with Gasteiger partial charge in [0, 0.05) is 36.6 Å². The Balaban J connectivity index is 1.43. The molecule has 0 unspecified atom stereocenters. The predicted molar refractivity (Wildman–Crippen MR) is 90.6 cm³/mol. The first kappa shape index (κ1) is 15.0. The molecule has 3 aromatic rings. The highest BCUT2D eigenvalue weighted by Gasteiger charge is 2.24. The molecule has 1 fully saturated rings. The quantitative estimate of drug-likeness (QED) is 0.719. The number of aromatic nitrogens is 2. The summed E-state index contributed by atoms with van der Waals surface area (Å²) in [4.78, 5) is 11.5. The van der Waals surface area contributed by atoms with Crippen LogP contribution in [-0.4, -0.2) is 34.6 Å². The average molecular weight is 347 g/mol. The molecule has 0 aromatic carbocycles. The number of thiazole rings is 2. The van der Waals surface area contributed by atoms with Gasteiger partial charge in [0.15, 0.2) is 10.8 Å². The summed E-state index contributed by atoms with van der Waals surface area (Å²) in [5.74, 6) is 1.76. The topological polar surface area (TPSA) is 51.4 Å². The second-order valence-corrected chi connectivity index (χ2v) is 7.30. The fourth-order valence-electron chi connectivity index (χ4n) is 2.66. The largest absolute Gasteiger partial charge is 0.459 e. The number of nitrogens with zero attached hydrogens (tertiary/aromatic N) is 3. The summed E-state index contributed by atoms with van der Waals surface area (Å²) in [6, 6.07) is 3.95. The molecule has 0 amide bonds. The number of morpholine rings is 1. The van der Waals surface area contributed by atoms with Crippen molar-refractivity contribution < 1.29 is 9.15 Å². The van der Waals surface area contributed by atoms with Crippen molar-refractivity contribution in [1.82, 2.24) is 14.9 Å². The summed E-state index contributed by atoms with van der Waals surface area (Å²) in [5, 5.41) is 6.11. The van der Waals surface area contributed by atoms with Crippen LogP contribution in [0.25, 0.3) is 10.8 Å². The van der Waals surface area contributed by atoms with E-state index in [1.165, 1.54) is 0 Å². The van der Waals surface area contributed by atoms with Crippen molar-refractivity contribution >= 4 is 22.7 Å². The van der Waals surface area contributed by atoms with Crippen molar-refractivity contribution in [3.8, 4) is 10.8 Å². The van der Waals surface area contributed by atoms with Crippen LogP contribution in [-0.2, 0) is 11.3 Å². The van der Waals surface area contributed by atoms with Gasteiger partial charge < -0.3 is 9.15 Å². The van der Waals surface area contributed by atoms with Gasteiger partial charge in [0.1, 0.15) is 16.9 Å². The van der Waals surface area contributed by atoms with Crippen molar-refractivity contribution in [3.05, 3.63) is 45.6 Å². The van der Waals surface area contributed by atoms with Gasteiger partial charge in [-0.15, -0.1) is 22.7 Å². The zero-order valence-corrected chi connectivity index (χ0v) is 14.4. The number of ether oxygens (including phenoxy) is 1. The van der Waals surface area contributed by atoms with E-state index in [0.29, 0.717) is 0 Å². The highest BCUT2D eigenvalue weighted by molar-refractivity contribution is 7.13. The third-order valence-corrected chi connectivity index (χ3v) is 5.54. The van der Waals surface area contributed by atoms with Gasteiger partial charge in [0.05, 0.1) is 12.3 Å². The summed E-state index contributed by atoms with van der Waals surface area (Å²) in [6.07, 6.45) is 1.91. The third kappa shape index (κ3) is 3.37. The maximum Gasteiger partial charge on any atom is 0.162 e. The van der Waals surface area contributed by atoms with E-state index < -0.39 is 0 Å². The second kappa shape index (κ2) is 6.52. The molecule has 120 valence electrons. The Kier molecular flexibility index (Phi) is 4.26. The predicted octanol–water partition coefficient (Wildman–Crippen LogP) is 3.74. The maximum absolute atomic E-state index is 5.84. The van der Waals surface area contributed by atoms with E-state index in [-0.39, 0.29) is 6.10 Å². The van der Waals surface area contributed by atoms with E-state index in [9.17, 15) is 0 Å². The number of rotatable bonds is 4.